The van der Waals surface area contributed by atoms with Gasteiger partial charge in [0.1, 0.15) is 0 Å². The van der Waals surface area contributed by atoms with Crippen LogP contribution in [0.1, 0.15) is 24.1 Å². The summed E-state index contributed by atoms with van der Waals surface area (Å²) in [5.41, 5.74) is 3.72. The number of nitrogens with one attached hydrogen (secondary N) is 2. The minimum atomic E-state index is -0.231. The SMILES string of the molecule is Cc1cc(NC(=O)NCCN2CCCC(C(=O)N(C)CCc3ccccc3)C2)c2ccccc2n1. The first-order valence-electron chi connectivity index (χ1n) is 12.4. The highest BCUT2D eigenvalue weighted by Crippen LogP contribution is 2.23. The fourth-order valence-corrected chi connectivity index (χ4v) is 4.73. The van der Waals surface area contributed by atoms with Crippen molar-refractivity contribution in [3.8, 4) is 0 Å². The number of aryl methyl sites for hydroxylation is 1. The summed E-state index contributed by atoms with van der Waals surface area (Å²) in [6.07, 6.45) is 2.79. The van der Waals surface area contributed by atoms with E-state index in [1.807, 2.05) is 67.4 Å². The number of pyridine rings is 1. The molecule has 0 aliphatic carbocycles. The van der Waals surface area contributed by atoms with Crippen molar-refractivity contribution >= 4 is 28.5 Å². The maximum Gasteiger partial charge on any atom is 0.319 e. The number of nitrogens with zero attached hydrogens (tertiary/aromatic N) is 3. The number of likely N-dealkylation sites (tertiary alicyclic amines) is 1. The van der Waals surface area contributed by atoms with Crippen LogP contribution in [0.25, 0.3) is 10.9 Å². The number of carbonyl (C=O) groups excluding carboxylic acids is 2. The van der Waals surface area contributed by atoms with Gasteiger partial charge in [-0.1, -0.05) is 48.5 Å². The van der Waals surface area contributed by atoms with Crippen molar-refractivity contribution in [2.24, 2.45) is 5.92 Å². The van der Waals surface area contributed by atoms with Crippen LogP contribution in [0.5, 0.6) is 0 Å². The molecule has 3 amide bonds. The molecule has 1 aliphatic rings. The van der Waals surface area contributed by atoms with Crippen LogP contribution < -0.4 is 10.6 Å². The van der Waals surface area contributed by atoms with Gasteiger partial charge in [0.2, 0.25) is 5.91 Å². The first kappa shape index (κ1) is 24.7. The standard InChI is InChI=1S/C28H35N5O2/c1-21-19-26(24-12-6-7-13-25(24)30-21)31-28(35)29-15-18-33-16-8-11-23(20-33)27(34)32(2)17-14-22-9-4-3-5-10-22/h3-7,9-10,12-13,19,23H,8,11,14-18,20H2,1-2H3,(H2,29,30,31,35). The number of anilines is 1. The van der Waals surface area contributed by atoms with Gasteiger partial charge in [0.15, 0.2) is 0 Å². The number of urea groups is 1. The molecule has 0 spiro atoms. The smallest absolute Gasteiger partial charge is 0.319 e. The lowest BCUT2D eigenvalue weighted by Crippen LogP contribution is -2.46. The second-order valence-corrected chi connectivity index (χ2v) is 9.34. The van der Waals surface area contributed by atoms with Gasteiger partial charge in [0.05, 0.1) is 17.1 Å². The van der Waals surface area contributed by atoms with Crippen molar-refractivity contribution in [3.05, 3.63) is 71.9 Å². The molecular weight excluding hydrogens is 438 g/mol. The number of likely N-dealkylation sites (N-methyl/N-ethyl adjacent to an activating group) is 1. The lowest BCUT2D eigenvalue weighted by Gasteiger charge is -2.34. The fourth-order valence-electron chi connectivity index (χ4n) is 4.73. The highest BCUT2D eigenvalue weighted by atomic mass is 16.2. The molecule has 0 bridgehead atoms. The highest BCUT2D eigenvalue weighted by molar-refractivity contribution is 6.00. The number of benzene rings is 2. The third-order valence-corrected chi connectivity index (χ3v) is 6.62. The molecule has 1 aliphatic heterocycles. The number of rotatable bonds is 8. The minimum Gasteiger partial charge on any atom is -0.345 e. The van der Waals surface area contributed by atoms with Crippen LogP contribution in [0.15, 0.2) is 60.7 Å². The van der Waals surface area contributed by atoms with Crippen molar-refractivity contribution in [2.45, 2.75) is 26.2 Å². The molecule has 2 aromatic carbocycles. The van der Waals surface area contributed by atoms with Gasteiger partial charge < -0.3 is 20.4 Å². The molecule has 1 atom stereocenters. The van der Waals surface area contributed by atoms with Gasteiger partial charge in [0.25, 0.3) is 0 Å². The van der Waals surface area contributed by atoms with Gasteiger partial charge in [-0.05, 0) is 50.4 Å². The second kappa shape index (κ2) is 11.8. The van der Waals surface area contributed by atoms with Crippen LogP contribution in [-0.2, 0) is 11.2 Å². The lowest BCUT2D eigenvalue weighted by molar-refractivity contribution is -0.136. The van der Waals surface area contributed by atoms with Crippen molar-refractivity contribution in [3.63, 3.8) is 0 Å². The van der Waals surface area contributed by atoms with E-state index in [0.29, 0.717) is 6.54 Å². The van der Waals surface area contributed by atoms with E-state index in [0.717, 1.165) is 67.7 Å². The summed E-state index contributed by atoms with van der Waals surface area (Å²) in [6, 6.07) is 19.7. The zero-order valence-electron chi connectivity index (χ0n) is 20.7. The van der Waals surface area contributed by atoms with Gasteiger partial charge in [-0.2, -0.15) is 0 Å². The first-order chi connectivity index (χ1) is 17.0. The second-order valence-electron chi connectivity index (χ2n) is 9.34. The van der Waals surface area contributed by atoms with E-state index in [2.05, 4.69) is 32.7 Å². The van der Waals surface area contributed by atoms with Crippen LogP contribution in [0, 0.1) is 12.8 Å². The predicted octanol–water partition coefficient (Wildman–Crippen LogP) is 4.08. The van der Waals surface area contributed by atoms with Crippen LogP contribution in [0.2, 0.25) is 0 Å². The third kappa shape index (κ3) is 6.79. The van der Waals surface area contributed by atoms with E-state index in [9.17, 15) is 9.59 Å². The Morgan fingerprint density at radius 1 is 1.11 bits per heavy atom. The topological polar surface area (TPSA) is 77.6 Å². The van der Waals surface area contributed by atoms with Crippen molar-refractivity contribution < 1.29 is 9.59 Å². The molecule has 1 aromatic heterocycles. The maximum atomic E-state index is 13.0. The number of para-hydroxylation sites is 1. The summed E-state index contributed by atoms with van der Waals surface area (Å²) >= 11 is 0. The van der Waals surface area contributed by atoms with Crippen molar-refractivity contribution in [1.82, 2.24) is 20.1 Å². The number of amides is 3. The quantitative estimate of drug-likeness (QED) is 0.517. The van der Waals surface area contributed by atoms with Crippen LogP contribution in [0.4, 0.5) is 10.5 Å². The zero-order valence-corrected chi connectivity index (χ0v) is 20.7. The third-order valence-electron chi connectivity index (χ3n) is 6.62. The Kier molecular flexibility index (Phi) is 8.32. The molecular formula is C28H35N5O2. The molecule has 0 radical (unpaired) electrons. The Bertz CT molecular complexity index is 1150. The summed E-state index contributed by atoms with van der Waals surface area (Å²) < 4.78 is 0. The normalized spacial score (nSPS) is 16.1. The number of carbonyl (C=O) groups is 2. The molecule has 4 rings (SSSR count). The Morgan fingerprint density at radius 3 is 2.71 bits per heavy atom. The van der Waals surface area contributed by atoms with E-state index in [4.69, 9.17) is 0 Å². The average Bonchev–Trinajstić information content (AvgIpc) is 2.87. The molecule has 35 heavy (non-hydrogen) atoms. The summed E-state index contributed by atoms with van der Waals surface area (Å²) in [6.45, 7) is 5.59. The zero-order chi connectivity index (χ0) is 24.6. The molecule has 1 fully saturated rings. The molecule has 7 nitrogen and oxygen atoms in total. The maximum absolute atomic E-state index is 13.0. The summed E-state index contributed by atoms with van der Waals surface area (Å²) in [5, 5.41) is 6.84. The Balaban J connectivity index is 1.22. The van der Waals surface area contributed by atoms with Gasteiger partial charge in [-0.15, -0.1) is 0 Å². The Labute approximate surface area is 207 Å². The lowest BCUT2D eigenvalue weighted by atomic mass is 9.96. The number of piperidine rings is 1. The predicted molar refractivity (Wildman–Crippen MR) is 140 cm³/mol. The van der Waals surface area contributed by atoms with E-state index >= 15 is 0 Å². The molecule has 3 aromatic rings. The summed E-state index contributed by atoms with van der Waals surface area (Å²) in [4.78, 5) is 34.2. The summed E-state index contributed by atoms with van der Waals surface area (Å²) in [5.74, 6) is 0.237. The molecule has 0 saturated carbocycles. The van der Waals surface area contributed by atoms with Crippen LogP contribution >= 0.6 is 0 Å². The number of aromatic nitrogens is 1. The largest absolute Gasteiger partial charge is 0.345 e. The highest BCUT2D eigenvalue weighted by Gasteiger charge is 2.27. The van der Waals surface area contributed by atoms with E-state index in [1.54, 1.807) is 0 Å². The number of fused-ring (bicyclic) bond motifs is 1. The van der Waals surface area contributed by atoms with Crippen molar-refractivity contribution in [2.75, 3.05) is 45.1 Å². The molecule has 1 saturated heterocycles. The van der Waals surface area contributed by atoms with Crippen LogP contribution in [-0.4, -0.2) is 66.5 Å². The molecule has 2 N–H and O–H groups in total. The number of hydrogen-bond donors (Lipinski definition) is 2. The monoisotopic (exact) mass is 473 g/mol. The average molecular weight is 474 g/mol. The van der Waals surface area contributed by atoms with Crippen LogP contribution in [0.3, 0.4) is 0 Å². The van der Waals surface area contributed by atoms with Crippen molar-refractivity contribution in [1.29, 1.82) is 0 Å². The van der Waals surface area contributed by atoms with Gasteiger partial charge in [0, 0.05) is 44.3 Å². The summed E-state index contributed by atoms with van der Waals surface area (Å²) in [7, 11) is 1.90. The molecule has 184 valence electrons. The van der Waals surface area contributed by atoms with Gasteiger partial charge in [-0.25, -0.2) is 4.79 Å². The Hall–Kier alpha value is -3.45. The van der Waals surface area contributed by atoms with E-state index < -0.39 is 0 Å². The molecule has 1 unspecified atom stereocenters. The number of hydrogen-bond acceptors (Lipinski definition) is 4. The molecule has 7 heteroatoms. The van der Waals surface area contributed by atoms with E-state index in [1.165, 1.54) is 5.56 Å². The fraction of sp³-hybridized carbons (Fsp3) is 0.393. The van der Waals surface area contributed by atoms with Gasteiger partial charge >= 0.3 is 6.03 Å². The molecule has 2 heterocycles. The van der Waals surface area contributed by atoms with E-state index in [-0.39, 0.29) is 17.9 Å². The Morgan fingerprint density at radius 2 is 1.89 bits per heavy atom. The first-order valence-corrected chi connectivity index (χ1v) is 12.4. The van der Waals surface area contributed by atoms with Gasteiger partial charge in [-0.3, -0.25) is 9.78 Å². The minimum absolute atomic E-state index is 0.0181.